The molecule has 1 aliphatic heterocycles. The van der Waals surface area contributed by atoms with Crippen molar-refractivity contribution in [3.63, 3.8) is 0 Å². The average molecular weight is 433 g/mol. The third kappa shape index (κ3) is 3.61. The Bertz CT molecular complexity index is 945. The molecule has 168 valence electrons. The summed E-state index contributed by atoms with van der Waals surface area (Å²) in [6.45, 7) is 5.23. The molecule has 1 amide bonds. The van der Waals surface area contributed by atoms with Gasteiger partial charge in [-0.25, -0.2) is 4.98 Å². The number of aryl methyl sites for hydroxylation is 1. The minimum absolute atomic E-state index is 0.0337. The minimum atomic E-state index is -0.0337. The fraction of sp³-hybridized carbons (Fsp3) is 0.600. The number of piperazine rings is 1. The number of nitrogens with zero attached hydrogens (tertiary/aromatic N) is 5. The molecule has 5 fully saturated rings. The van der Waals surface area contributed by atoms with E-state index in [4.69, 9.17) is 0 Å². The summed E-state index contributed by atoms with van der Waals surface area (Å²) < 4.78 is 0. The lowest BCUT2D eigenvalue weighted by molar-refractivity contribution is -0.158. The zero-order valence-electron chi connectivity index (χ0n) is 18.8. The van der Waals surface area contributed by atoms with Crippen molar-refractivity contribution < 1.29 is 4.79 Å². The first-order valence-corrected chi connectivity index (χ1v) is 12.1. The van der Waals surface area contributed by atoms with Crippen molar-refractivity contribution in [2.24, 2.45) is 23.2 Å². The van der Waals surface area contributed by atoms with Crippen LogP contribution in [0.15, 0.2) is 30.5 Å². The molecule has 0 atom stereocenters. The summed E-state index contributed by atoms with van der Waals surface area (Å²) in [5, 5.41) is 11.9. The smallest absolute Gasteiger partial charge is 0.228 e. The van der Waals surface area contributed by atoms with Crippen LogP contribution in [0.4, 0.5) is 17.5 Å². The van der Waals surface area contributed by atoms with Gasteiger partial charge in [-0.2, -0.15) is 0 Å². The summed E-state index contributed by atoms with van der Waals surface area (Å²) in [6, 6.07) is 7.89. The van der Waals surface area contributed by atoms with Gasteiger partial charge >= 0.3 is 0 Å². The molecule has 0 aromatic carbocycles. The average Bonchev–Trinajstić information content (AvgIpc) is 2.80. The number of carbonyl (C=O) groups is 1. The van der Waals surface area contributed by atoms with Gasteiger partial charge < -0.3 is 15.1 Å². The van der Waals surface area contributed by atoms with Crippen molar-refractivity contribution in [3.8, 4) is 0 Å². The molecule has 7 rings (SSSR count). The van der Waals surface area contributed by atoms with Crippen LogP contribution in [0.5, 0.6) is 0 Å². The van der Waals surface area contributed by atoms with Crippen molar-refractivity contribution in [2.75, 3.05) is 36.4 Å². The van der Waals surface area contributed by atoms with Gasteiger partial charge in [-0.15, -0.1) is 10.2 Å². The lowest BCUT2D eigenvalue weighted by Crippen LogP contribution is -2.58. The number of rotatable bonds is 4. The van der Waals surface area contributed by atoms with Crippen LogP contribution in [0.25, 0.3) is 0 Å². The number of hydrogen-bond acceptors (Lipinski definition) is 6. The van der Waals surface area contributed by atoms with Crippen molar-refractivity contribution in [1.82, 2.24) is 20.1 Å². The van der Waals surface area contributed by atoms with Crippen LogP contribution in [0, 0.1) is 30.1 Å². The molecule has 32 heavy (non-hydrogen) atoms. The van der Waals surface area contributed by atoms with E-state index in [1.807, 2.05) is 37.4 Å². The van der Waals surface area contributed by atoms with Crippen molar-refractivity contribution in [3.05, 3.63) is 36.0 Å². The summed E-state index contributed by atoms with van der Waals surface area (Å²) in [5.74, 6) is 5.19. The van der Waals surface area contributed by atoms with Gasteiger partial charge in [0.2, 0.25) is 5.91 Å². The van der Waals surface area contributed by atoms with E-state index in [1.165, 1.54) is 19.3 Å². The SMILES string of the molecule is Cc1ccc(Nc2ccc(N3CCN(C(=O)C45CC6CC(CC(C6)C4)C5)CC3)nn2)nc1. The predicted molar refractivity (Wildman–Crippen MR) is 124 cm³/mol. The molecule has 0 unspecified atom stereocenters. The number of carbonyl (C=O) groups excluding carboxylic acids is 1. The molecule has 4 bridgehead atoms. The Morgan fingerprint density at radius 3 is 2.12 bits per heavy atom. The van der Waals surface area contributed by atoms with Gasteiger partial charge in [0, 0.05) is 32.4 Å². The lowest BCUT2D eigenvalue weighted by Gasteiger charge is -2.57. The van der Waals surface area contributed by atoms with Gasteiger partial charge in [0.25, 0.3) is 0 Å². The zero-order valence-corrected chi connectivity index (χ0v) is 18.8. The van der Waals surface area contributed by atoms with Gasteiger partial charge in [-0.1, -0.05) is 6.07 Å². The first kappa shape index (κ1) is 19.9. The third-order valence-corrected chi connectivity index (χ3v) is 8.20. The number of pyridine rings is 1. The highest BCUT2D eigenvalue weighted by molar-refractivity contribution is 5.83. The van der Waals surface area contributed by atoms with Crippen LogP contribution in [0.3, 0.4) is 0 Å². The number of amides is 1. The zero-order chi connectivity index (χ0) is 21.7. The Morgan fingerprint density at radius 1 is 0.906 bits per heavy atom. The molecule has 7 nitrogen and oxygen atoms in total. The molecule has 4 saturated carbocycles. The van der Waals surface area contributed by atoms with Gasteiger partial charge in [0.05, 0.1) is 5.41 Å². The molecule has 1 saturated heterocycles. The second-order valence-electron chi connectivity index (χ2n) is 10.6. The summed E-state index contributed by atoms with van der Waals surface area (Å²) in [5.41, 5.74) is 1.09. The van der Waals surface area contributed by atoms with Crippen molar-refractivity contribution in [1.29, 1.82) is 0 Å². The van der Waals surface area contributed by atoms with Crippen LogP contribution in [-0.4, -0.2) is 52.2 Å². The molecule has 5 aliphatic rings. The standard InChI is InChI=1S/C25H32N6O/c1-17-2-3-21(26-16-17)27-22-4-5-23(29-28-22)30-6-8-31(9-7-30)24(32)25-13-18-10-19(14-25)12-20(11-18)15-25/h2-5,16,18-20H,6-15H2,1H3,(H,26,27,28). The predicted octanol–water partition coefficient (Wildman–Crippen LogP) is 3.79. The summed E-state index contributed by atoms with van der Waals surface area (Å²) in [6.07, 6.45) is 9.40. The first-order valence-electron chi connectivity index (χ1n) is 12.1. The third-order valence-electron chi connectivity index (χ3n) is 8.20. The molecule has 3 heterocycles. The van der Waals surface area contributed by atoms with E-state index in [9.17, 15) is 4.79 Å². The summed E-state index contributed by atoms with van der Waals surface area (Å²) in [4.78, 5) is 22.3. The highest BCUT2D eigenvalue weighted by Gasteiger charge is 2.55. The van der Waals surface area contributed by atoms with Crippen LogP contribution in [0.1, 0.15) is 44.1 Å². The number of nitrogens with one attached hydrogen (secondary N) is 1. The van der Waals surface area contributed by atoms with Crippen molar-refractivity contribution >= 4 is 23.4 Å². The maximum Gasteiger partial charge on any atom is 0.228 e. The van der Waals surface area contributed by atoms with Gasteiger partial charge in [-0.3, -0.25) is 4.79 Å². The monoisotopic (exact) mass is 432 g/mol. The van der Waals surface area contributed by atoms with E-state index in [0.717, 1.165) is 80.4 Å². The van der Waals surface area contributed by atoms with Gasteiger partial charge in [0.15, 0.2) is 11.6 Å². The number of anilines is 3. The summed E-state index contributed by atoms with van der Waals surface area (Å²) >= 11 is 0. The van der Waals surface area contributed by atoms with E-state index >= 15 is 0 Å². The molecule has 1 N–H and O–H groups in total. The normalized spacial score (nSPS) is 31.1. The van der Waals surface area contributed by atoms with Gasteiger partial charge in [-0.05, 0) is 87.0 Å². The maximum atomic E-state index is 13.6. The summed E-state index contributed by atoms with van der Waals surface area (Å²) in [7, 11) is 0. The molecule has 2 aromatic rings. The topological polar surface area (TPSA) is 74.2 Å². The lowest BCUT2D eigenvalue weighted by atomic mass is 9.49. The van der Waals surface area contributed by atoms with Crippen LogP contribution < -0.4 is 10.2 Å². The maximum absolute atomic E-state index is 13.6. The Labute approximate surface area is 189 Å². The van der Waals surface area contributed by atoms with E-state index < -0.39 is 0 Å². The molecular formula is C25H32N6O. The Kier molecular flexibility index (Phi) is 4.81. The van der Waals surface area contributed by atoms with E-state index in [1.54, 1.807) is 0 Å². The highest BCUT2D eigenvalue weighted by atomic mass is 16.2. The second kappa shape index (κ2) is 7.71. The Hall–Kier alpha value is -2.70. The van der Waals surface area contributed by atoms with Crippen molar-refractivity contribution in [2.45, 2.75) is 45.4 Å². The van der Waals surface area contributed by atoms with E-state index in [0.29, 0.717) is 11.7 Å². The molecular weight excluding hydrogens is 400 g/mol. The molecule has 4 aliphatic carbocycles. The van der Waals surface area contributed by atoms with Gasteiger partial charge in [0.1, 0.15) is 5.82 Å². The van der Waals surface area contributed by atoms with E-state index in [2.05, 4.69) is 30.3 Å². The minimum Gasteiger partial charge on any atom is -0.352 e. The van der Waals surface area contributed by atoms with Crippen LogP contribution in [-0.2, 0) is 4.79 Å². The molecule has 0 radical (unpaired) electrons. The van der Waals surface area contributed by atoms with Crippen LogP contribution >= 0.6 is 0 Å². The quantitative estimate of drug-likeness (QED) is 0.792. The first-order chi connectivity index (χ1) is 15.6. The largest absolute Gasteiger partial charge is 0.352 e. The fourth-order valence-corrected chi connectivity index (χ4v) is 7.08. The Balaban J connectivity index is 1.07. The number of hydrogen-bond donors (Lipinski definition) is 1. The second-order valence-corrected chi connectivity index (χ2v) is 10.6. The molecule has 2 aromatic heterocycles. The Morgan fingerprint density at radius 2 is 1.56 bits per heavy atom. The van der Waals surface area contributed by atoms with E-state index in [-0.39, 0.29) is 5.41 Å². The molecule has 0 spiro atoms. The highest BCUT2D eigenvalue weighted by Crippen LogP contribution is 2.60. The fourth-order valence-electron chi connectivity index (χ4n) is 7.08. The number of aromatic nitrogens is 3. The van der Waals surface area contributed by atoms with Crippen LogP contribution in [0.2, 0.25) is 0 Å². The molecule has 7 heteroatoms.